The zero-order valence-electron chi connectivity index (χ0n) is 13.7. The lowest BCUT2D eigenvalue weighted by molar-refractivity contribution is 0.112. The van der Waals surface area contributed by atoms with Gasteiger partial charge in [0, 0.05) is 11.5 Å². The second kappa shape index (κ2) is 5.64. The molecule has 4 rings (SSSR count). The summed E-state index contributed by atoms with van der Waals surface area (Å²) in [5.41, 5.74) is 8.12. The lowest BCUT2D eigenvalue weighted by atomic mass is 9.95. The van der Waals surface area contributed by atoms with Crippen LogP contribution >= 0.6 is 0 Å². The van der Waals surface area contributed by atoms with Gasteiger partial charge < -0.3 is 4.74 Å². The monoisotopic (exact) mass is 314 g/mol. The summed E-state index contributed by atoms with van der Waals surface area (Å²) in [7, 11) is 1.70. The highest BCUT2D eigenvalue weighted by Crippen LogP contribution is 2.46. The Morgan fingerprint density at radius 2 is 1.58 bits per heavy atom. The summed E-state index contributed by atoms with van der Waals surface area (Å²) >= 11 is 0. The number of hydrogen-bond donors (Lipinski definition) is 0. The van der Waals surface area contributed by atoms with Crippen LogP contribution in [0.2, 0.25) is 0 Å². The summed E-state index contributed by atoms with van der Waals surface area (Å²) in [4.78, 5) is 11.0. The van der Waals surface area contributed by atoms with Gasteiger partial charge in [-0.05, 0) is 57.6 Å². The number of fused-ring (bicyclic) bond motifs is 3. The van der Waals surface area contributed by atoms with E-state index in [0.717, 1.165) is 23.2 Å². The predicted molar refractivity (Wildman–Crippen MR) is 96.8 cm³/mol. The molecule has 118 valence electrons. The minimum absolute atomic E-state index is 0.333. The van der Waals surface area contributed by atoms with Crippen molar-refractivity contribution in [1.29, 1.82) is 0 Å². The number of benzene rings is 3. The number of rotatable bonds is 3. The maximum Gasteiger partial charge on any atom is 0.150 e. The average Bonchev–Trinajstić information content (AvgIpc) is 2.93. The lowest BCUT2D eigenvalue weighted by Crippen LogP contribution is -1.91. The van der Waals surface area contributed by atoms with Crippen molar-refractivity contribution in [1.82, 2.24) is 0 Å². The van der Waals surface area contributed by atoms with Crippen LogP contribution in [0.15, 0.2) is 60.7 Å². The van der Waals surface area contributed by atoms with E-state index in [-0.39, 0.29) is 0 Å². The Morgan fingerprint density at radius 3 is 2.33 bits per heavy atom. The molecule has 0 bridgehead atoms. The molecule has 0 saturated heterocycles. The van der Waals surface area contributed by atoms with Gasteiger partial charge in [0.15, 0.2) is 0 Å². The van der Waals surface area contributed by atoms with Gasteiger partial charge in [-0.3, -0.25) is 4.79 Å². The first-order chi connectivity index (χ1) is 11.7. The molecule has 2 nitrogen and oxygen atoms in total. The normalized spacial score (nSPS) is 14.8. The molecule has 3 aromatic carbocycles. The van der Waals surface area contributed by atoms with Crippen molar-refractivity contribution in [3.63, 3.8) is 0 Å². The van der Waals surface area contributed by atoms with Crippen LogP contribution in [0, 0.1) is 0 Å². The van der Waals surface area contributed by atoms with Gasteiger partial charge in [0.05, 0.1) is 7.11 Å². The summed E-state index contributed by atoms with van der Waals surface area (Å²) in [5, 5.41) is 0. The summed E-state index contributed by atoms with van der Waals surface area (Å²) in [6.07, 6.45) is 0.890. The minimum Gasteiger partial charge on any atom is -0.497 e. The molecule has 0 heterocycles. The largest absolute Gasteiger partial charge is 0.497 e. The van der Waals surface area contributed by atoms with Crippen molar-refractivity contribution >= 4 is 6.29 Å². The Balaban J connectivity index is 1.82. The van der Waals surface area contributed by atoms with E-state index >= 15 is 0 Å². The number of hydrogen-bond acceptors (Lipinski definition) is 2. The maximum absolute atomic E-state index is 11.0. The van der Waals surface area contributed by atoms with Gasteiger partial charge >= 0.3 is 0 Å². The molecular weight excluding hydrogens is 296 g/mol. The number of methoxy groups -OCH3 is 1. The molecule has 1 aliphatic carbocycles. The molecule has 0 aromatic heterocycles. The molecule has 1 aliphatic rings. The molecular formula is C22H18O2. The third kappa shape index (κ3) is 2.23. The Morgan fingerprint density at radius 1 is 0.875 bits per heavy atom. The third-order valence-corrected chi connectivity index (χ3v) is 4.89. The van der Waals surface area contributed by atoms with Crippen molar-refractivity contribution in [3.05, 3.63) is 77.4 Å². The fraction of sp³-hybridized carbons (Fsp3) is 0.136. The number of ether oxygens (including phenoxy) is 1. The van der Waals surface area contributed by atoms with Crippen LogP contribution in [-0.2, 0) is 0 Å². The van der Waals surface area contributed by atoms with Gasteiger partial charge in [-0.2, -0.15) is 0 Å². The SMILES string of the molecule is COc1ccc2c(c1)C(C)c1cc(-c3cccc(C=O)c3)ccc1-2. The van der Waals surface area contributed by atoms with Crippen LogP contribution in [-0.4, -0.2) is 13.4 Å². The standard InChI is InChI=1S/C22H18O2/c1-14-21-11-17(16-5-3-4-15(10-16)13-23)6-8-19(21)20-9-7-18(24-2)12-22(14)20/h3-14H,1-2H3. The molecule has 1 atom stereocenters. The van der Waals surface area contributed by atoms with E-state index in [2.05, 4.69) is 37.3 Å². The molecule has 0 amide bonds. The summed E-state index contributed by atoms with van der Waals surface area (Å²) < 4.78 is 5.37. The zero-order chi connectivity index (χ0) is 16.7. The maximum atomic E-state index is 11.0. The average molecular weight is 314 g/mol. The van der Waals surface area contributed by atoms with Crippen molar-refractivity contribution in [2.24, 2.45) is 0 Å². The van der Waals surface area contributed by atoms with Crippen molar-refractivity contribution < 1.29 is 9.53 Å². The molecule has 2 heteroatoms. The van der Waals surface area contributed by atoms with Gasteiger partial charge in [0.25, 0.3) is 0 Å². The molecule has 1 unspecified atom stereocenters. The first-order valence-corrected chi connectivity index (χ1v) is 8.09. The van der Waals surface area contributed by atoms with E-state index in [9.17, 15) is 4.79 Å². The van der Waals surface area contributed by atoms with Crippen LogP contribution in [0.3, 0.4) is 0 Å². The Bertz CT molecular complexity index is 940. The van der Waals surface area contributed by atoms with E-state index in [1.54, 1.807) is 7.11 Å². The van der Waals surface area contributed by atoms with Crippen molar-refractivity contribution in [3.8, 4) is 28.0 Å². The van der Waals surface area contributed by atoms with Gasteiger partial charge in [-0.15, -0.1) is 0 Å². The fourth-order valence-corrected chi connectivity index (χ4v) is 3.58. The van der Waals surface area contributed by atoms with E-state index in [4.69, 9.17) is 4.74 Å². The summed E-state index contributed by atoms with van der Waals surface area (Å²) in [6, 6.07) is 20.6. The highest BCUT2D eigenvalue weighted by Gasteiger charge is 2.26. The van der Waals surface area contributed by atoms with E-state index in [1.165, 1.54) is 22.3 Å². The summed E-state index contributed by atoms with van der Waals surface area (Å²) in [6.45, 7) is 2.23. The molecule has 24 heavy (non-hydrogen) atoms. The van der Waals surface area contributed by atoms with Crippen LogP contribution < -0.4 is 4.74 Å². The van der Waals surface area contributed by atoms with Crippen LogP contribution in [0.25, 0.3) is 22.3 Å². The van der Waals surface area contributed by atoms with Gasteiger partial charge in [0.2, 0.25) is 0 Å². The molecule has 0 aliphatic heterocycles. The molecule has 3 aromatic rings. The predicted octanol–water partition coefficient (Wildman–Crippen LogP) is 5.31. The van der Waals surface area contributed by atoms with Gasteiger partial charge in [-0.25, -0.2) is 0 Å². The molecule has 0 spiro atoms. The number of carbonyl (C=O) groups excluding carboxylic acids is 1. The molecule has 0 fully saturated rings. The van der Waals surface area contributed by atoms with E-state index < -0.39 is 0 Å². The Labute approximate surface area is 141 Å². The molecule has 0 saturated carbocycles. The van der Waals surface area contributed by atoms with Crippen LogP contribution in [0.1, 0.15) is 34.3 Å². The highest BCUT2D eigenvalue weighted by molar-refractivity contribution is 5.84. The Hall–Kier alpha value is -2.87. The lowest BCUT2D eigenvalue weighted by Gasteiger charge is -2.09. The zero-order valence-corrected chi connectivity index (χ0v) is 13.7. The molecule has 0 N–H and O–H groups in total. The summed E-state index contributed by atoms with van der Waals surface area (Å²) in [5.74, 6) is 1.23. The van der Waals surface area contributed by atoms with Crippen LogP contribution in [0.4, 0.5) is 0 Å². The van der Waals surface area contributed by atoms with Crippen molar-refractivity contribution in [2.75, 3.05) is 7.11 Å². The van der Waals surface area contributed by atoms with E-state index in [0.29, 0.717) is 11.5 Å². The van der Waals surface area contributed by atoms with Gasteiger partial charge in [-0.1, -0.05) is 43.3 Å². The second-order valence-corrected chi connectivity index (χ2v) is 6.22. The quantitative estimate of drug-likeness (QED) is 0.613. The topological polar surface area (TPSA) is 26.3 Å². The number of carbonyl (C=O) groups is 1. The smallest absolute Gasteiger partial charge is 0.150 e. The van der Waals surface area contributed by atoms with E-state index in [1.807, 2.05) is 30.3 Å². The van der Waals surface area contributed by atoms with Gasteiger partial charge in [0.1, 0.15) is 12.0 Å². The van der Waals surface area contributed by atoms with Crippen molar-refractivity contribution in [2.45, 2.75) is 12.8 Å². The first kappa shape index (κ1) is 14.7. The third-order valence-electron chi connectivity index (χ3n) is 4.89. The highest BCUT2D eigenvalue weighted by atomic mass is 16.5. The fourth-order valence-electron chi connectivity index (χ4n) is 3.58. The number of aldehydes is 1. The second-order valence-electron chi connectivity index (χ2n) is 6.22. The Kier molecular flexibility index (Phi) is 3.46. The first-order valence-electron chi connectivity index (χ1n) is 8.09. The molecule has 0 radical (unpaired) electrons. The van der Waals surface area contributed by atoms with Crippen LogP contribution in [0.5, 0.6) is 5.75 Å². The minimum atomic E-state index is 0.333.